The minimum Gasteiger partial charge on any atom is -1.00 e. The van der Waals surface area contributed by atoms with E-state index in [9.17, 15) is 0 Å². The van der Waals surface area contributed by atoms with E-state index < -0.39 is 5.91 Å². The molecule has 22 heavy (non-hydrogen) atoms. The summed E-state index contributed by atoms with van der Waals surface area (Å²) in [6, 6.07) is 0. The van der Waals surface area contributed by atoms with E-state index in [-0.39, 0.29) is 17.0 Å². The van der Waals surface area contributed by atoms with E-state index in [4.69, 9.17) is 10.2 Å². The van der Waals surface area contributed by atoms with Gasteiger partial charge < -0.3 is 27.2 Å². The fourth-order valence-corrected chi connectivity index (χ4v) is 2.71. The molecule has 4 N–H and O–H groups in total. The van der Waals surface area contributed by atoms with Gasteiger partial charge in [-0.2, -0.15) is 0 Å². The summed E-state index contributed by atoms with van der Waals surface area (Å²) < 4.78 is 0. The highest BCUT2D eigenvalue weighted by molar-refractivity contribution is 4.49. The molecule has 0 aromatic heterocycles. The Labute approximate surface area is 149 Å². The molecule has 3 nitrogen and oxygen atoms in total. The van der Waals surface area contributed by atoms with E-state index in [1.807, 2.05) is 0 Å². The summed E-state index contributed by atoms with van der Waals surface area (Å²) in [6.45, 7) is 4.49. The molecule has 0 heterocycles. The largest absolute Gasteiger partial charge is 1.00 e. The van der Waals surface area contributed by atoms with Gasteiger partial charge >= 0.3 is 5.91 Å². The third kappa shape index (κ3) is 22.6. The van der Waals surface area contributed by atoms with Crippen LogP contribution in [0.1, 0.15) is 104 Å². The van der Waals surface area contributed by atoms with E-state index in [0.717, 1.165) is 13.0 Å². The van der Waals surface area contributed by atoms with Crippen molar-refractivity contribution in [3.63, 3.8) is 0 Å². The second kappa shape index (κ2) is 17.7. The van der Waals surface area contributed by atoms with E-state index in [2.05, 4.69) is 6.92 Å². The first-order valence-corrected chi connectivity index (χ1v) is 9.35. The molecule has 0 aromatic carbocycles. The van der Waals surface area contributed by atoms with Gasteiger partial charge in [-0.05, 0) is 12.8 Å². The number of unbranched alkanes of at least 4 members (excludes halogenated alkanes) is 13. The standard InChI is InChI=1S/C18H39NO2.BrH/c1-3-4-5-6-7-8-9-10-11-12-13-14-15-16-17-19-18(2,20)21;/h19-21H,3-17H2,1-2H3;1H. The topological polar surface area (TPSA) is 57.1 Å². The highest BCUT2D eigenvalue weighted by Gasteiger charge is 2.16. The molecule has 0 aliphatic heterocycles. The molecule has 0 amide bonds. The molecule has 0 spiro atoms. The van der Waals surface area contributed by atoms with Gasteiger partial charge in [0.05, 0.1) is 6.54 Å². The zero-order chi connectivity index (χ0) is 15.8. The molecule has 136 valence electrons. The zero-order valence-corrected chi connectivity index (χ0v) is 16.5. The molecule has 0 aromatic rings. The number of hydrogen-bond donors (Lipinski definition) is 3. The lowest BCUT2D eigenvalue weighted by Gasteiger charge is -2.13. The van der Waals surface area contributed by atoms with Crippen LogP contribution in [0.3, 0.4) is 0 Å². The van der Waals surface area contributed by atoms with Crippen molar-refractivity contribution in [2.24, 2.45) is 0 Å². The Morgan fingerprint density at radius 3 is 1.27 bits per heavy atom. The summed E-state index contributed by atoms with van der Waals surface area (Å²) in [7, 11) is 0. The molecule has 0 saturated heterocycles. The number of quaternary nitrogens is 1. The van der Waals surface area contributed by atoms with Crippen molar-refractivity contribution in [3.05, 3.63) is 0 Å². The molecule has 0 fully saturated rings. The van der Waals surface area contributed by atoms with Gasteiger partial charge in [0.15, 0.2) is 0 Å². The lowest BCUT2D eigenvalue weighted by molar-refractivity contribution is -0.806. The van der Waals surface area contributed by atoms with Crippen molar-refractivity contribution in [1.29, 1.82) is 0 Å². The van der Waals surface area contributed by atoms with Crippen molar-refractivity contribution in [3.8, 4) is 0 Å². The van der Waals surface area contributed by atoms with Gasteiger partial charge in [0, 0.05) is 6.92 Å². The molecule has 0 aliphatic carbocycles. The van der Waals surface area contributed by atoms with Crippen molar-refractivity contribution >= 4 is 0 Å². The van der Waals surface area contributed by atoms with E-state index in [1.54, 1.807) is 5.32 Å². The monoisotopic (exact) mass is 381 g/mol. The van der Waals surface area contributed by atoms with Crippen LogP contribution < -0.4 is 22.3 Å². The van der Waals surface area contributed by atoms with Crippen LogP contribution in [0, 0.1) is 0 Å². The minimum absolute atomic E-state index is 0. The fourth-order valence-electron chi connectivity index (χ4n) is 2.71. The molecule has 4 heteroatoms. The van der Waals surface area contributed by atoms with Gasteiger partial charge in [-0.3, -0.25) is 5.32 Å². The Kier molecular flexibility index (Phi) is 19.8. The average Bonchev–Trinajstić information content (AvgIpc) is 2.42. The minimum atomic E-state index is -1.59. The number of aliphatic hydroxyl groups is 2. The van der Waals surface area contributed by atoms with Crippen LogP contribution >= 0.6 is 0 Å². The molecule has 0 rings (SSSR count). The zero-order valence-electron chi connectivity index (χ0n) is 15.0. The van der Waals surface area contributed by atoms with Crippen LogP contribution in [-0.4, -0.2) is 22.7 Å². The SMILES string of the molecule is CCCCCCCCCCCCCCCC[NH2+]C(C)(O)O.[Br-]. The number of hydrogen-bond acceptors (Lipinski definition) is 2. The molecular weight excluding hydrogens is 342 g/mol. The second-order valence-corrected chi connectivity index (χ2v) is 6.68. The summed E-state index contributed by atoms with van der Waals surface area (Å²) >= 11 is 0. The smallest absolute Gasteiger partial charge is 0.307 e. The van der Waals surface area contributed by atoms with Gasteiger partial charge in [0.25, 0.3) is 0 Å². The van der Waals surface area contributed by atoms with E-state index >= 15 is 0 Å². The Hall–Kier alpha value is 0.360. The maximum Gasteiger partial charge on any atom is 0.307 e. The normalized spacial score (nSPS) is 11.5. The lowest BCUT2D eigenvalue weighted by Crippen LogP contribution is -3.00. The average molecular weight is 382 g/mol. The van der Waals surface area contributed by atoms with Gasteiger partial charge in [-0.15, -0.1) is 0 Å². The highest BCUT2D eigenvalue weighted by Crippen LogP contribution is 2.12. The summed E-state index contributed by atoms with van der Waals surface area (Å²) in [6.07, 6.45) is 19.0. The number of rotatable bonds is 16. The summed E-state index contributed by atoms with van der Waals surface area (Å²) in [5.41, 5.74) is 0. The summed E-state index contributed by atoms with van der Waals surface area (Å²) in [4.78, 5) is 0. The van der Waals surface area contributed by atoms with E-state index in [0.29, 0.717) is 0 Å². The third-order valence-corrected chi connectivity index (χ3v) is 4.09. The maximum atomic E-state index is 9.12. The lowest BCUT2D eigenvalue weighted by atomic mass is 10.0. The van der Waals surface area contributed by atoms with Crippen LogP contribution in [0.5, 0.6) is 0 Å². The number of halogens is 1. The molecule has 0 unspecified atom stereocenters. The first kappa shape index (κ1) is 24.6. The highest BCUT2D eigenvalue weighted by atomic mass is 79.9. The van der Waals surface area contributed by atoms with Crippen LogP contribution in [0.2, 0.25) is 0 Å². The first-order chi connectivity index (χ1) is 10.1. The van der Waals surface area contributed by atoms with Gasteiger partial charge in [0.1, 0.15) is 0 Å². The molecule has 0 bridgehead atoms. The molecule has 0 atom stereocenters. The Bertz CT molecular complexity index is 208. The third-order valence-electron chi connectivity index (χ3n) is 4.09. The van der Waals surface area contributed by atoms with Gasteiger partial charge in [-0.1, -0.05) is 84.0 Å². The van der Waals surface area contributed by atoms with Crippen LogP contribution in [0.15, 0.2) is 0 Å². The van der Waals surface area contributed by atoms with Crippen LogP contribution in [0.4, 0.5) is 0 Å². The van der Waals surface area contributed by atoms with Crippen molar-refractivity contribution < 1.29 is 32.5 Å². The van der Waals surface area contributed by atoms with Crippen molar-refractivity contribution in [1.82, 2.24) is 0 Å². The van der Waals surface area contributed by atoms with Crippen molar-refractivity contribution in [2.45, 2.75) is 110 Å². The Morgan fingerprint density at radius 1 is 0.636 bits per heavy atom. The van der Waals surface area contributed by atoms with Crippen LogP contribution in [-0.2, 0) is 0 Å². The predicted octanol–water partition coefficient (Wildman–Crippen LogP) is 0.693. The Balaban J connectivity index is 0. The van der Waals surface area contributed by atoms with Crippen LogP contribution in [0.25, 0.3) is 0 Å². The molecule has 0 saturated carbocycles. The van der Waals surface area contributed by atoms with Crippen molar-refractivity contribution in [2.75, 3.05) is 6.54 Å². The second-order valence-electron chi connectivity index (χ2n) is 6.68. The predicted molar refractivity (Wildman–Crippen MR) is 89.9 cm³/mol. The maximum absolute atomic E-state index is 9.12. The summed E-state index contributed by atoms with van der Waals surface area (Å²) in [5, 5.41) is 19.8. The quantitative estimate of drug-likeness (QED) is 0.272. The van der Waals surface area contributed by atoms with Gasteiger partial charge in [-0.25, -0.2) is 0 Å². The molecular formula is C18H40BrNO2. The molecule has 0 radical (unpaired) electrons. The Morgan fingerprint density at radius 2 is 0.955 bits per heavy atom. The molecule has 0 aliphatic rings. The number of nitrogens with two attached hydrogens (primary N) is 1. The first-order valence-electron chi connectivity index (χ1n) is 9.35. The fraction of sp³-hybridized carbons (Fsp3) is 1.00. The van der Waals surface area contributed by atoms with E-state index in [1.165, 1.54) is 90.4 Å². The summed E-state index contributed by atoms with van der Waals surface area (Å²) in [5.74, 6) is -1.59. The van der Waals surface area contributed by atoms with Gasteiger partial charge in [0.2, 0.25) is 0 Å².